The van der Waals surface area contributed by atoms with Crippen LogP contribution >= 0.6 is 8.69 Å². The molecule has 0 aliphatic rings. The summed E-state index contributed by atoms with van der Waals surface area (Å²) in [6.07, 6.45) is 1.56. The van der Waals surface area contributed by atoms with E-state index in [-0.39, 0.29) is 6.15 Å². The van der Waals surface area contributed by atoms with Crippen molar-refractivity contribution in [3.05, 3.63) is 12.7 Å². The van der Waals surface area contributed by atoms with Crippen LogP contribution < -0.4 is 6.15 Å². The van der Waals surface area contributed by atoms with Crippen LogP contribution in [0.15, 0.2) is 12.7 Å². The molecule has 0 aliphatic carbocycles. The molecule has 0 saturated heterocycles. The predicted octanol–water partition coefficient (Wildman–Crippen LogP) is 1.02. The van der Waals surface area contributed by atoms with Crippen LogP contribution in [0.2, 0.25) is 0 Å². The molecule has 0 heterocycles. The molecular formula is C3H10NO2P. The zero-order valence-corrected chi connectivity index (χ0v) is 5.25. The minimum atomic E-state index is -1.04. The summed E-state index contributed by atoms with van der Waals surface area (Å²) in [7, 11) is -1.04. The molecule has 0 bridgehead atoms. The first kappa shape index (κ1) is 10.00. The van der Waals surface area contributed by atoms with E-state index in [0.29, 0.717) is 6.61 Å². The van der Waals surface area contributed by atoms with Crippen molar-refractivity contribution in [1.82, 2.24) is 6.15 Å². The van der Waals surface area contributed by atoms with Gasteiger partial charge in [0, 0.05) is 0 Å². The molecule has 0 radical (unpaired) electrons. The first-order valence-corrected chi connectivity index (χ1v) is 2.52. The summed E-state index contributed by atoms with van der Waals surface area (Å²) in [5.41, 5.74) is 0. The van der Waals surface area contributed by atoms with Crippen molar-refractivity contribution < 1.29 is 9.09 Å². The van der Waals surface area contributed by atoms with Crippen LogP contribution in [-0.2, 0) is 9.09 Å². The van der Waals surface area contributed by atoms with Crippen molar-refractivity contribution in [3.8, 4) is 0 Å². The fourth-order valence-electron chi connectivity index (χ4n) is 0.107. The third-order valence-electron chi connectivity index (χ3n) is 0.282. The lowest BCUT2D eigenvalue weighted by atomic mass is 10.7. The molecule has 0 aromatic heterocycles. The number of rotatable bonds is 3. The molecule has 0 amide bonds. The van der Waals surface area contributed by atoms with Crippen LogP contribution in [-0.4, -0.2) is 6.61 Å². The summed E-state index contributed by atoms with van der Waals surface area (Å²) in [5.74, 6) is 0. The summed E-state index contributed by atoms with van der Waals surface area (Å²) in [6.45, 7) is 3.75. The molecule has 0 aromatic rings. The molecule has 3 N–H and O–H groups in total. The normalized spacial score (nSPS) is 8.57. The Bertz CT molecular complexity index is 48.9. The van der Waals surface area contributed by atoms with Crippen LogP contribution in [0, 0.1) is 0 Å². The molecule has 4 heteroatoms. The van der Waals surface area contributed by atoms with Gasteiger partial charge in [-0.3, -0.25) is 4.57 Å². The van der Waals surface area contributed by atoms with E-state index in [0.717, 1.165) is 0 Å². The summed E-state index contributed by atoms with van der Waals surface area (Å²) in [6, 6.07) is 0. The van der Waals surface area contributed by atoms with Gasteiger partial charge in [-0.1, -0.05) is 6.08 Å². The van der Waals surface area contributed by atoms with Gasteiger partial charge in [-0.15, -0.1) is 6.58 Å². The average molecular weight is 123 g/mol. The molecular weight excluding hydrogens is 113 g/mol. The highest BCUT2D eigenvalue weighted by Gasteiger charge is 1.65. The van der Waals surface area contributed by atoms with Gasteiger partial charge in [0.25, 0.3) is 0 Å². The Hall–Kier alpha value is -0.110. The summed E-state index contributed by atoms with van der Waals surface area (Å²) < 4.78 is 13.9. The van der Waals surface area contributed by atoms with Crippen molar-refractivity contribution in [3.63, 3.8) is 0 Å². The quantitative estimate of drug-likeness (QED) is 0.346. The largest absolute Gasteiger partial charge is 0.344 e. The minimum Gasteiger partial charge on any atom is -0.344 e. The maximum absolute atomic E-state index is 9.50. The molecule has 0 fully saturated rings. The van der Waals surface area contributed by atoms with Crippen molar-refractivity contribution in [2.24, 2.45) is 0 Å². The molecule has 1 atom stereocenters. The van der Waals surface area contributed by atoms with Gasteiger partial charge in [0.1, 0.15) is 0 Å². The fraction of sp³-hybridized carbons (Fsp3) is 0.333. The van der Waals surface area contributed by atoms with Crippen molar-refractivity contribution in [2.45, 2.75) is 0 Å². The molecule has 0 aromatic carbocycles. The first-order valence-electron chi connectivity index (χ1n) is 1.58. The van der Waals surface area contributed by atoms with Crippen molar-refractivity contribution in [1.29, 1.82) is 0 Å². The van der Waals surface area contributed by atoms with Crippen LogP contribution in [0.1, 0.15) is 0 Å². The second-order valence-corrected chi connectivity index (χ2v) is 1.24. The van der Waals surface area contributed by atoms with Crippen LogP contribution in [0.3, 0.4) is 0 Å². The Balaban J connectivity index is 0. The molecule has 0 aliphatic heterocycles. The van der Waals surface area contributed by atoms with Gasteiger partial charge >= 0.3 is 0 Å². The summed E-state index contributed by atoms with van der Waals surface area (Å²) in [4.78, 5) is 0. The van der Waals surface area contributed by atoms with E-state index < -0.39 is 8.69 Å². The maximum atomic E-state index is 9.50. The van der Waals surface area contributed by atoms with Crippen molar-refractivity contribution >= 4 is 8.69 Å². The van der Waals surface area contributed by atoms with Gasteiger partial charge in [-0.25, -0.2) is 0 Å². The fourth-order valence-corrected chi connectivity index (χ4v) is 0.322. The third-order valence-corrected chi connectivity index (χ3v) is 0.611. The number of hydrogen-bond donors (Lipinski definition) is 1. The molecule has 0 spiro atoms. The summed E-state index contributed by atoms with van der Waals surface area (Å²) in [5, 5.41) is 0. The molecule has 44 valence electrons. The third kappa shape index (κ3) is 10.7. The van der Waals surface area contributed by atoms with E-state index in [1.54, 1.807) is 6.08 Å². The lowest BCUT2D eigenvalue weighted by Crippen LogP contribution is -1.69. The van der Waals surface area contributed by atoms with E-state index in [4.69, 9.17) is 0 Å². The Morgan fingerprint density at radius 3 is 2.57 bits per heavy atom. The molecule has 0 saturated carbocycles. The predicted molar refractivity (Wildman–Crippen MR) is 31.6 cm³/mol. The van der Waals surface area contributed by atoms with E-state index in [1.807, 2.05) is 0 Å². The Morgan fingerprint density at radius 1 is 1.86 bits per heavy atom. The number of hydrogen-bond acceptors (Lipinski definition) is 3. The van der Waals surface area contributed by atoms with Gasteiger partial charge in [0.2, 0.25) is 0 Å². The topological polar surface area (TPSA) is 61.3 Å². The van der Waals surface area contributed by atoms with Gasteiger partial charge < -0.3 is 10.7 Å². The van der Waals surface area contributed by atoms with Crippen molar-refractivity contribution in [2.75, 3.05) is 6.61 Å². The highest BCUT2D eigenvalue weighted by molar-refractivity contribution is 7.17. The lowest BCUT2D eigenvalue weighted by molar-refractivity contribution is 0.387. The van der Waals surface area contributed by atoms with E-state index in [2.05, 4.69) is 11.1 Å². The van der Waals surface area contributed by atoms with Crippen LogP contribution in [0.4, 0.5) is 0 Å². The monoisotopic (exact) mass is 123 g/mol. The lowest BCUT2D eigenvalue weighted by Gasteiger charge is -1.79. The van der Waals surface area contributed by atoms with Gasteiger partial charge in [0.15, 0.2) is 8.69 Å². The second-order valence-electron chi connectivity index (χ2n) is 0.718. The van der Waals surface area contributed by atoms with Crippen LogP contribution in [0.25, 0.3) is 0 Å². The Morgan fingerprint density at radius 2 is 2.43 bits per heavy atom. The van der Waals surface area contributed by atoms with Crippen LogP contribution in [0.5, 0.6) is 0 Å². The van der Waals surface area contributed by atoms with E-state index >= 15 is 0 Å². The smallest absolute Gasteiger partial charge is 0.180 e. The molecule has 3 nitrogen and oxygen atoms in total. The highest BCUT2D eigenvalue weighted by Crippen LogP contribution is 1.90. The SMILES string of the molecule is C=CCO[PH2]=O.N. The molecule has 7 heavy (non-hydrogen) atoms. The standard InChI is InChI=1S/C3H7O2P.H3N/c1-2-3-5-6-4;/h2H,1,3,6H2;1H3. The maximum Gasteiger partial charge on any atom is 0.180 e. The van der Waals surface area contributed by atoms with E-state index in [1.165, 1.54) is 0 Å². The zero-order chi connectivity index (χ0) is 4.83. The first-order chi connectivity index (χ1) is 2.91. The highest BCUT2D eigenvalue weighted by atomic mass is 31.1. The Labute approximate surface area is 44.2 Å². The van der Waals surface area contributed by atoms with E-state index in [9.17, 15) is 4.57 Å². The second kappa shape index (κ2) is 9.31. The zero-order valence-electron chi connectivity index (χ0n) is 4.09. The molecule has 0 rings (SSSR count). The minimum absolute atomic E-state index is 0. The van der Waals surface area contributed by atoms with Gasteiger partial charge in [0.05, 0.1) is 6.61 Å². The molecule has 1 unspecified atom stereocenters. The van der Waals surface area contributed by atoms with Gasteiger partial charge in [-0.2, -0.15) is 0 Å². The average Bonchev–Trinajstić information content (AvgIpc) is 1.61. The Kier molecular flexibility index (Phi) is 13.3. The van der Waals surface area contributed by atoms with Gasteiger partial charge in [-0.05, 0) is 0 Å². The summed E-state index contributed by atoms with van der Waals surface area (Å²) >= 11 is 0.